The molecule has 6 heteroatoms. The molecule has 1 N–H and O–H groups in total. The molecule has 2 aliphatic heterocycles. The minimum atomic E-state index is -0.313. The lowest BCUT2D eigenvalue weighted by atomic mass is 9.99. The molecule has 4 rings (SSSR count). The molecule has 0 aliphatic carbocycles. The average molecular weight is 375 g/mol. The molecule has 0 unspecified atom stereocenters. The number of hydrogen-bond acceptors (Lipinski definition) is 4. The van der Waals surface area contributed by atoms with Crippen molar-refractivity contribution in [2.24, 2.45) is 0 Å². The maximum Gasteiger partial charge on any atom is 0.255 e. The number of anilines is 1. The van der Waals surface area contributed by atoms with Crippen LogP contribution in [0.1, 0.15) is 28.4 Å². The zero-order chi connectivity index (χ0) is 19.7. The second kappa shape index (κ2) is 7.31. The lowest BCUT2D eigenvalue weighted by molar-refractivity contribution is -0.138. The molecule has 0 fully saturated rings. The van der Waals surface area contributed by atoms with Gasteiger partial charge in [-0.1, -0.05) is 24.3 Å². The Morgan fingerprint density at radius 1 is 0.964 bits per heavy atom. The summed E-state index contributed by atoms with van der Waals surface area (Å²) in [5.41, 5.74) is 4.57. The Hall–Kier alpha value is -3.41. The van der Waals surface area contributed by atoms with E-state index < -0.39 is 0 Å². The van der Waals surface area contributed by atoms with Crippen LogP contribution in [0.3, 0.4) is 0 Å². The van der Waals surface area contributed by atoms with Gasteiger partial charge in [0, 0.05) is 43.0 Å². The topological polar surface area (TPSA) is 69.7 Å². The fourth-order valence-corrected chi connectivity index (χ4v) is 3.60. The van der Waals surface area contributed by atoms with Crippen molar-refractivity contribution in [3.05, 3.63) is 77.0 Å². The first-order valence-corrected chi connectivity index (χ1v) is 9.27. The summed E-state index contributed by atoms with van der Waals surface area (Å²) < 4.78 is 0. The maximum absolute atomic E-state index is 12.8. The van der Waals surface area contributed by atoms with E-state index in [1.54, 1.807) is 12.1 Å². The smallest absolute Gasteiger partial charge is 0.255 e. The van der Waals surface area contributed by atoms with Gasteiger partial charge >= 0.3 is 0 Å². The minimum absolute atomic E-state index is 0.0130. The van der Waals surface area contributed by atoms with Gasteiger partial charge in [-0.25, -0.2) is 0 Å². The first-order valence-electron chi connectivity index (χ1n) is 9.27. The van der Waals surface area contributed by atoms with Crippen molar-refractivity contribution in [2.75, 3.05) is 18.4 Å². The Bertz CT molecular complexity index is 979. The maximum atomic E-state index is 12.8. The molecule has 0 spiro atoms. The highest BCUT2D eigenvalue weighted by Crippen LogP contribution is 2.22. The molecule has 6 nitrogen and oxygen atoms in total. The predicted octanol–water partition coefficient (Wildman–Crippen LogP) is 2.57. The lowest BCUT2D eigenvalue weighted by Crippen LogP contribution is -2.35. The largest absolute Gasteiger partial charge is 0.357 e. The molecule has 0 atom stereocenters. The Kier molecular flexibility index (Phi) is 4.69. The number of imide groups is 1. The number of benzene rings is 2. The average Bonchev–Trinajstić information content (AvgIpc) is 3.08. The summed E-state index contributed by atoms with van der Waals surface area (Å²) in [6.45, 7) is 2.95. The van der Waals surface area contributed by atoms with E-state index in [0.29, 0.717) is 24.4 Å². The first kappa shape index (κ1) is 18.0. The van der Waals surface area contributed by atoms with Crippen LogP contribution >= 0.6 is 0 Å². The third-order valence-corrected chi connectivity index (χ3v) is 5.13. The van der Waals surface area contributed by atoms with Crippen molar-refractivity contribution in [1.29, 1.82) is 0 Å². The van der Waals surface area contributed by atoms with Crippen LogP contribution in [-0.4, -0.2) is 40.6 Å². The van der Waals surface area contributed by atoms with Crippen LogP contribution in [0.2, 0.25) is 0 Å². The van der Waals surface area contributed by atoms with Crippen molar-refractivity contribution in [3.63, 3.8) is 0 Å². The minimum Gasteiger partial charge on any atom is -0.357 e. The standard InChI is InChI=1S/C22H21N3O3/c1-15(26)25-14-20(12-21(25)27)23-19-8-6-17(7-9-19)22(28)24-11-10-16-4-2-3-5-18(16)13-24/h2-9,12,23H,10-11,13-14H2,1H3. The first-order chi connectivity index (χ1) is 13.5. The second-order valence-corrected chi connectivity index (χ2v) is 7.06. The summed E-state index contributed by atoms with van der Waals surface area (Å²) in [6.07, 6.45) is 2.29. The van der Waals surface area contributed by atoms with E-state index >= 15 is 0 Å². The summed E-state index contributed by atoms with van der Waals surface area (Å²) in [6, 6.07) is 15.4. The van der Waals surface area contributed by atoms with E-state index in [2.05, 4.69) is 17.4 Å². The summed E-state index contributed by atoms with van der Waals surface area (Å²) >= 11 is 0. The van der Waals surface area contributed by atoms with Gasteiger partial charge in [0.05, 0.1) is 6.54 Å². The molecule has 0 aromatic heterocycles. The van der Waals surface area contributed by atoms with E-state index in [9.17, 15) is 14.4 Å². The Morgan fingerprint density at radius 3 is 2.36 bits per heavy atom. The molecule has 0 bridgehead atoms. The Labute approximate surface area is 163 Å². The third kappa shape index (κ3) is 3.53. The van der Waals surface area contributed by atoms with Gasteiger partial charge in [0.15, 0.2) is 0 Å². The van der Waals surface area contributed by atoms with Crippen molar-refractivity contribution in [1.82, 2.24) is 9.80 Å². The van der Waals surface area contributed by atoms with Gasteiger partial charge in [0.1, 0.15) is 0 Å². The molecule has 2 aliphatic rings. The van der Waals surface area contributed by atoms with Gasteiger partial charge in [-0.15, -0.1) is 0 Å². The van der Waals surface area contributed by atoms with E-state index in [1.807, 2.05) is 29.2 Å². The molecular formula is C22H21N3O3. The summed E-state index contributed by atoms with van der Waals surface area (Å²) in [5.74, 6) is -0.576. The van der Waals surface area contributed by atoms with Crippen molar-refractivity contribution in [3.8, 4) is 0 Å². The molecule has 0 saturated carbocycles. The van der Waals surface area contributed by atoms with E-state index in [1.165, 1.54) is 29.0 Å². The quantitative estimate of drug-likeness (QED) is 0.895. The van der Waals surface area contributed by atoms with E-state index in [-0.39, 0.29) is 24.3 Å². The fraction of sp³-hybridized carbons (Fsp3) is 0.227. The zero-order valence-electron chi connectivity index (χ0n) is 15.6. The number of nitrogens with one attached hydrogen (secondary N) is 1. The third-order valence-electron chi connectivity index (χ3n) is 5.13. The van der Waals surface area contributed by atoms with E-state index in [0.717, 1.165) is 12.1 Å². The number of nitrogens with zero attached hydrogens (tertiary/aromatic N) is 2. The van der Waals surface area contributed by atoms with Crippen LogP contribution in [0.25, 0.3) is 0 Å². The van der Waals surface area contributed by atoms with Crippen LogP contribution in [0.4, 0.5) is 5.69 Å². The van der Waals surface area contributed by atoms with Gasteiger partial charge in [-0.05, 0) is 41.8 Å². The summed E-state index contributed by atoms with van der Waals surface area (Å²) in [4.78, 5) is 39.0. The van der Waals surface area contributed by atoms with Gasteiger partial charge in [-0.2, -0.15) is 0 Å². The SMILES string of the molecule is CC(=O)N1CC(Nc2ccc(C(=O)N3CCc4ccccc4C3)cc2)=CC1=O. The van der Waals surface area contributed by atoms with E-state index in [4.69, 9.17) is 0 Å². The molecule has 3 amide bonds. The van der Waals surface area contributed by atoms with Gasteiger partial charge in [-0.3, -0.25) is 19.3 Å². The summed E-state index contributed by atoms with van der Waals surface area (Å²) in [7, 11) is 0. The second-order valence-electron chi connectivity index (χ2n) is 7.06. The monoisotopic (exact) mass is 375 g/mol. The molecular weight excluding hydrogens is 354 g/mol. The van der Waals surface area contributed by atoms with Crippen LogP contribution in [0.5, 0.6) is 0 Å². The van der Waals surface area contributed by atoms with Gasteiger partial charge in [0.2, 0.25) is 5.91 Å². The number of carbonyl (C=O) groups excluding carboxylic acids is 3. The van der Waals surface area contributed by atoms with Crippen molar-refractivity contribution >= 4 is 23.4 Å². The van der Waals surface area contributed by atoms with Gasteiger partial charge in [0.25, 0.3) is 11.8 Å². The fourth-order valence-electron chi connectivity index (χ4n) is 3.60. The zero-order valence-corrected chi connectivity index (χ0v) is 15.6. The Balaban J connectivity index is 1.41. The van der Waals surface area contributed by atoms with Crippen LogP contribution in [-0.2, 0) is 22.6 Å². The predicted molar refractivity (Wildman–Crippen MR) is 105 cm³/mol. The number of fused-ring (bicyclic) bond motifs is 1. The number of hydrogen-bond donors (Lipinski definition) is 1. The lowest BCUT2D eigenvalue weighted by Gasteiger charge is -2.29. The molecule has 2 heterocycles. The van der Waals surface area contributed by atoms with Gasteiger partial charge < -0.3 is 10.2 Å². The molecule has 2 aromatic rings. The molecule has 0 radical (unpaired) electrons. The van der Waals surface area contributed by atoms with Crippen molar-refractivity contribution in [2.45, 2.75) is 19.9 Å². The molecule has 2 aromatic carbocycles. The molecule has 28 heavy (non-hydrogen) atoms. The molecule has 0 saturated heterocycles. The normalized spacial score (nSPS) is 15.9. The number of rotatable bonds is 3. The highest BCUT2D eigenvalue weighted by atomic mass is 16.2. The highest BCUT2D eigenvalue weighted by Gasteiger charge is 2.25. The van der Waals surface area contributed by atoms with Crippen LogP contribution in [0.15, 0.2) is 60.3 Å². The van der Waals surface area contributed by atoms with Crippen molar-refractivity contribution < 1.29 is 14.4 Å². The Morgan fingerprint density at radius 2 is 1.68 bits per heavy atom. The number of carbonyl (C=O) groups is 3. The van der Waals surface area contributed by atoms with Crippen LogP contribution in [0, 0.1) is 0 Å². The van der Waals surface area contributed by atoms with Crippen LogP contribution < -0.4 is 5.32 Å². The summed E-state index contributed by atoms with van der Waals surface area (Å²) in [5, 5.41) is 3.14. The number of amides is 3. The highest BCUT2D eigenvalue weighted by molar-refractivity contribution is 6.03. The molecule has 142 valence electrons.